The van der Waals surface area contributed by atoms with Gasteiger partial charge in [0.2, 0.25) is 0 Å². The number of amides is 1. The van der Waals surface area contributed by atoms with Gasteiger partial charge < -0.3 is 19.8 Å². The van der Waals surface area contributed by atoms with Crippen LogP contribution in [-0.4, -0.2) is 57.6 Å². The van der Waals surface area contributed by atoms with Crippen molar-refractivity contribution < 1.29 is 24.5 Å². The van der Waals surface area contributed by atoms with Crippen molar-refractivity contribution in [2.45, 2.75) is 12.2 Å². The maximum Gasteiger partial charge on any atom is 0.335 e. The predicted molar refractivity (Wildman–Crippen MR) is 79.8 cm³/mol. The highest BCUT2D eigenvalue weighted by Crippen LogP contribution is 2.26. The number of aliphatic hydroxyl groups excluding tert-OH is 1. The fraction of sp³-hybridized carbons (Fsp3) is 0.267. The van der Waals surface area contributed by atoms with Crippen molar-refractivity contribution in [3.05, 3.63) is 36.7 Å². The molecule has 0 unspecified atom stereocenters. The van der Waals surface area contributed by atoms with Crippen LogP contribution in [0, 0.1) is 0 Å². The monoisotopic (exact) mass is 317 g/mol. The van der Waals surface area contributed by atoms with Crippen LogP contribution in [0.4, 0.5) is 5.69 Å². The van der Waals surface area contributed by atoms with Crippen LogP contribution in [0.2, 0.25) is 0 Å². The Morgan fingerprint density at radius 1 is 1.43 bits per heavy atom. The van der Waals surface area contributed by atoms with E-state index in [0.29, 0.717) is 5.69 Å². The Morgan fingerprint density at radius 2 is 2.26 bits per heavy atom. The van der Waals surface area contributed by atoms with E-state index >= 15 is 0 Å². The minimum Gasteiger partial charge on any atom is -0.479 e. The number of ether oxygens (including phenoxy) is 1. The summed E-state index contributed by atoms with van der Waals surface area (Å²) in [5, 5.41) is 25.1. The molecule has 2 heterocycles. The largest absolute Gasteiger partial charge is 0.479 e. The number of anilines is 1. The lowest BCUT2D eigenvalue weighted by atomic mass is 10.1. The number of carbonyl (C=O) groups excluding carboxylic acids is 1. The van der Waals surface area contributed by atoms with Gasteiger partial charge in [0.15, 0.2) is 12.2 Å². The van der Waals surface area contributed by atoms with E-state index in [9.17, 15) is 14.7 Å². The van der Waals surface area contributed by atoms with Crippen LogP contribution >= 0.6 is 0 Å². The van der Waals surface area contributed by atoms with Gasteiger partial charge in [0.25, 0.3) is 5.91 Å². The Balaban J connectivity index is 1.88. The molecule has 1 amide bonds. The van der Waals surface area contributed by atoms with Gasteiger partial charge in [-0.05, 0) is 17.7 Å². The summed E-state index contributed by atoms with van der Waals surface area (Å²) in [7, 11) is 0. The zero-order valence-electron chi connectivity index (χ0n) is 12.0. The highest BCUT2D eigenvalue weighted by atomic mass is 16.5. The normalized spacial score (nSPS) is 19.6. The Labute approximate surface area is 131 Å². The molecule has 1 aromatic carbocycles. The highest BCUT2D eigenvalue weighted by Gasteiger charge is 2.39. The number of benzene rings is 1. The summed E-state index contributed by atoms with van der Waals surface area (Å²) >= 11 is 0. The molecule has 0 spiro atoms. The quantitative estimate of drug-likeness (QED) is 0.744. The summed E-state index contributed by atoms with van der Waals surface area (Å²) in [6, 6.07) is 7.22. The van der Waals surface area contributed by atoms with E-state index < -0.39 is 24.1 Å². The highest BCUT2D eigenvalue weighted by molar-refractivity contribution is 6.00. The van der Waals surface area contributed by atoms with E-state index in [1.807, 2.05) is 6.07 Å². The minimum absolute atomic E-state index is 0.149. The third-order valence-electron chi connectivity index (χ3n) is 3.65. The first-order valence-electron chi connectivity index (χ1n) is 7.01. The van der Waals surface area contributed by atoms with E-state index in [1.165, 1.54) is 4.90 Å². The summed E-state index contributed by atoms with van der Waals surface area (Å²) in [6.07, 6.45) is 0.107. The number of aliphatic carboxylic acids is 1. The number of carbonyl (C=O) groups is 2. The number of nitrogens with one attached hydrogen (secondary N) is 1. The van der Waals surface area contributed by atoms with Gasteiger partial charge in [-0.2, -0.15) is 5.10 Å². The van der Waals surface area contributed by atoms with Gasteiger partial charge >= 0.3 is 5.97 Å². The number of morpholine rings is 1. The number of rotatable bonds is 4. The van der Waals surface area contributed by atoms with Crippen molar-refractivity contribution in [1.82, 2.24) is 10.2 Å². The second-order valence-electron chi connectivity index (χ2n) is 5.10. The lowest BCUT2D eigenvalue weighted by Crippen LogP contribution is -2.54. The minimum atomic E-state index is -1.89. The molecule has 1 aliphatic rings. The number of H-pyrrole nitrogens is 1. The molecular formula is C15H15N3O5. The van der Waals surface area contributed by atoms with E-state index in [2.05, 4.69) is 10.2 Å². The number of hydrogen-bond donors (Lipinski definition) is 3. The molecule has 8 heteroatoms. The fourth-order valence-corrected chi connectivity index (χ4v) is 2.48. The van der Waals surface area contributed by atoms with Crippen LogP contribution < -0.4 is 4.90 Å². The molecule has 23 heavy (non-hydrogen) atoms. The first kappa shape index (κ1) is 15.2. The maximum absolute atomic E-state index is 12.4. The topological polar surface area (TPSA) is 116 Å². The number of hydrogen-bond acceptors (Lipinski definition) is 5. The molecular weight excluding hydrogens is 302 g/mol. The van der Waals surface area contributed by atoms with Crippen molar-refractivity contribution in [1.29, 1.82) is 0 Å². The van der Waals surface area contributed by atoms with Gasteiger partial charge in [0.05, 0.1) is 12.8 Å². The number of carboxylic acids is 1. The molecule has 0 bridgehead atoms. The molecule has 3 N–H and O–H groups in total. The van der Waals surface area contributed by atoms with Crippen LogP contribution in [0.1, 0.15) is 0 Å². The number of nitrogens with zero attached hydrogens (tertiary/aromatic N) is 2. The average molecular weight is 317 g/mol. The molecule has 2 aromatic rings. The van der Waals surface area contributed by atoms with E-state index in [4.69, 9.17) is 9.84 Å². The zero-order chi connectivity index (χ0) is 16.4. The zero-order valence-corrected chi connectivity index (χ0v) is 12.0. The average Bonchev–Trinajstić information content (AvgIpc) is 3.09. The van der Waals surface area contributed by atoms with Crippen molar-refractivity contribution in [3.8, 4) is 11.1 Å². The molecule has 3 rings (SSSR count). The number of aromatic nitrogens is 2. The summed E-state index contributed by atoms with van der Waals surface area (Å²) in [5.74, 6) is -2.06. The lowest BCUT2D eigenvalue weighted by Gasteiger charge is -2.33. The molecule has 0 radical (unpaired) electrons. The van der Waals surface area contributed by atoms with Crippen molar-refractivity contribution in [2.24, 2.45) is 0 Å². The molecule has 0 aliphatic carbocycles. The van der Waals surface area contributed by atoms with Gasteiger partial charge in [-0.25, -0.2) is 4.79 Å². The second kappa shape index (κ2) is 6.19. The van der Waals surface area contributed by atoms with Gasteiger partial charge in [-0.15, -0.1) is 0 Å². The Hall–Kier alpha value is -2.71. The lowest BCUT2D eigenvalue weighted by molar-refractivity contribution is -0.163. The van der Waals surface area contributed by atoms with Gasteiger partial charge in [0.1, 0.15) is 0 Å². The molecule has 1 aromatic heterocycles. The number of aliphatic hydroxyl groups is 1. The number of aromatic amines is 1. The van der Waals surface area contributed by atoms with Crippen molar-refractivity contribution >= 4 is 17.6 Å². The Morgan fingerprint density at radius 3 is 2.96 bits per heavy atom. The van der Waals surface area contributed by atoms with Crippen LogP contribution in [0.5, 0.6) is 0 Å². The molecule has 1 saturated heterocycles. The van der Waals surface area contributed by atoms with Crippen LogP contribution in [-0.2, 0) is 14.3 Å². The van der Waals surface area contributed by atoms with Crippen LogP contribution in [0.3, 0.4) is 0 Å². The third kappa shape index (κ3) is 2.94. The maximum atomic E-state index is 12.4. The van der Waals surface area contributed by atoms with Crippen LogP contribution in [0.25, 0.3) is 11.1 Å². The fourth-order valence-electron chi connectivity index (χ4n) is 2.48. The SMILES string of the molecule is O=C(O)[C@H](O)[C@H]1OCCN(c2cccc(-c3cn[nH]c3)c2)C1=O. The Bertz CT molecular complexity index is 716. The van der Waals surface area contributed by atoms with E-state index in [1.54, 1.807) is 30.6 Å². The number of carboxylic acid groups (broad SMARTS) is 1. The molecule has 2 atom stereocenters. The second-order valence-corrected chi connectivity index (χ2v) is 5.10. The molecule has 1 fully saturated rings. The first-order valence-corrected chi connectivity index (χ1v) is 7.01. The van der Waals surface area contributed by atoms with E-state index in [0.717, 1.165) is 11.1 Å². The molecule has 1 aliphatic heterocycles. The first-order chi connectivity index (χ1) is 11.1. The Kier molecular flexibility index (Phi) is 4.09. The standard InChI is InChI=1S/C15H15N3O5/c19-12(15(21)22)13-14(20)18(4-5-23-13)11-3-1-2-9(6-11)10-7-16-17-8-10/h1-3,6-8,12-13,19H,4-5H2,(H,16,17)(H,21,22)/t12-,13-/m1/s1. The molecule has 120 valence electrons. The van der Waals surface area contributed by atoms with Gasteiger partial charge in [0, 0.05) is 24.0 Å². The van der Waals surface area contributed by atoms with Crippen LogP contribution in [0.15, 0.2) is 36.7 Å². The summed E-state index contributed by atoms with van der Waals surface area (Å²) in [5.41, 5.74) is 2.35. The molecule has 8 nitrogen and oxygen atoms in total. The van der Waals surface area contributed by atoms with Gasteiger partial charge in [-0.3, -0.25) is 9.89 Å². The smallest absolute Gasteiger partial charge is 0.335 e. The predicted octanol–water partition coefficient (Wildman–Crippen LogP) is 0.254. The van der Waals surface area contributed by atoms with Crippen molar-refractivity contribution in [2.75, 3.05) is 18.1 Å². The molecule has 0 saturated carbocycles. The summed E-state index contributed by atoms with van der Waals surface area (Å²) in [4.78, 5) is 24.7. The summed E-state index contributed by atoms with van der Waals surface area (Å²) < 4.78 is 5.13. The van der Waals surface area contributed by atoms with Crippen molar-refractivity contribution in [3.63, 3.8) is 0 Å². The third-order valence-corrected chi connectivity index (χ3v) is 3.65. The van der Waals surface area contributed by atoms with E-state index in [-0.39, 0.29) is 13.2 Å². The summed E-state index contributed by atoms with van der Waals surface area (Å²) in [6.45, 7) is 0.438. The van der Waals surface area contributed by atoms with Gasteiger partial charge in [-0.1, -0.05) is 12.1 Å².